The van der Waals surface area contributed by atoms with Crippen molar-refractivity contribution >= 4 is 5.91 Å². The first-order valence-electron chi connectivity index (χ1n) is 8.28. The van der Waals surface area contributed by atoms with Gasteiger partial charge in [-0.3, -0.25) is 9.69 Å². The van der Waals surface area contributed by atoms with Gasteiger partial charge in [0.1, 0.15) is 6.61 Å². The zero-order chi connectivity index (χ0) is 14.9. The van der Waals surface area contributed by atoms with Crippen LogP contribution in [-0.2, 0) is 14.3 Å². The summed E-state index contributed by atoms with van der Waals surface area (Å²) in [6, 6.07) is 0.788. The Labute approximate surface area is 127 Å². The molecule has 2 heterocycles. The van der Waals surface area contributed by atoms with Crippen LogP contribution in [0.15, 0.2) is 0 Å². The van der Waals surface area contributed by atoms with Crippen molar-refractivity contribution in [1.29, 1.82) is 0 Å². The summed E-state index contributed by atoms with van der Waals surface area (Å²) < 4.78 is 11.9. The fraction of sp³-hybridized carbons (Fsp3) is 0.938. The number of hydrogen-bond acceptors (Lipinski definition) is 4. The zero-order valence-electron chi connectivity index (χ0n) is 13.3. The summed E-state index contributed by atoms with van der Waals surface area (Å²) in [5.74, 6) is 0.0386. The summed E-state index contributed by atoms with van der Waals surface area (Å²) in [6.45, 7) is 3.07. The maximum absolute atomic E-state index is 11.6. The molecule has 21 heavy (non-hydrogen) atoms. The molecule has 5 heteroatoms. The van der Waals surface area contributed by atoms with Crippen molar-refractivity contribution in [3.05, 3.63) is 0 Å². The minimum Gasteiger partial charge on any atom is -0.372 e. The van der Waals surface area contributed by atoms with Gasteiger partial charge in [-0.25, -0.2) is 0 Å². The highest BCUT2D eigenvalue weighted by Gasteiger charge is 2.49. The number of amides is 1. The van der Waals surface area contributed by atoms with Gasteiger partial charge in [-0.1, -0.05) is 12.8 Å². The first kappa shape index (κ1) is 15.3. The summed E-state index contributed by atoms with van der Waals surface area (Å²) in [7, 11) is 3.53. The Morgan fingerprint density at radius 1 is 1.29 bits per heavy atom. The fourth-order valence-corrected chi connectivity index (χ4v) is 3.89. The average molecular weight is 296 g/mol. The first-order chi connectivity index (χ1) is 10.1. The SMILES string of the molecule is CN(C)C(=O)COC1CCOC2(C1)CN(C1CCCC1)C2. The minimum absolute atomic E-state index is 0.00662. The van der Waals surface area contributed by atoms with Crippen LogP contribution in [0.4, 0.5) is 0 Å². The smallest absolute Gasteiger partial charge is 0.248 e. The molecule has 1 spiro atoms. The third-order valence-electron chi connectivity index (χ3n) is 5.21. The van der Waals surface area contributed by atoms with Crippen molar-refractivity contribution < 1.29 is 14.3 Å². The summed E-state index contributed by atoms with van der Waals surface area (Å²) in [6.07, 6.45) is 7.50. The van der Waals surface area contributed by atoms with Gasteiger partial charge in [-0.2, -0.15) is 0 Å². The molecule has 0 radical (unpaired) electrons. The van der Waals surface area contributed by atoms with Crippen molar-refractivity contribution in [2.45, 2.75) is 56.3 Å². The molecular weight excluding hydrogens is 268 g/mol. The van der Waals surface area contributed by atoms with E-state index in [2.05, 4.69) is 4.90 Å². The molecule has 120 valence electrons. The number of likely N-dealkylation sites (N-methyl/N-ethyl adjacent to an activating group) is 1. The molecule has 1 amide bonds. The summed E-state index contributed by atoms with van der Waals surface area (Å²) in [4.78, 5) is 15.8. The van der Waals surface area contributed by atoms with Crippen molar-refractivity contribution in [2.24, 2.45) is 0 Å². The van der Waals surface area contributed by atoms with Crippen LogP contribution < -0.4 is 0 Å². The van der Waals surface area contributed by atoms with Crippen LogP contribution >= 0.6 is 0 Å². The molecule has 0 aromatic rings. The Morgan fingerprint density at radius 3 is 2.67 bits per heavy atom. The Hall–Kier alpha value is -0.650. The summed E-state index contributed by atoms with van der Waals surface area (Å²) >= 11 is 0. The lowest BCUT2D eigenvalue weighted by atomic mass is 9.83. The van der Waals surface area contributed by atoms with Crippen LogP contribution in [0.3, 0.4) is 0 Å². The average Bonchev–Trinajstić information content (AvgIpc) is 2.96. The monoisotopic (exact) mass is 296 g/mol. The molecule has 0 N–H and O–H groups in total. The van der Waals surface area contributed by atoms with Gasteiger partial charge in [0.25, 0.3) is 0 Å². The molecule has 0 aromatic heterocycles. The normalized spacial score (nSPS) is 29.5. The Kier molecular flexibility index (Phi) is 4.52. The number of carbonyl (C=O) groups is 1. The molecule has 0 bridgehead atoms. The van der Waals surface area contributed by atoms with Crippen LogP contribution in [-0.4, -0.2) is 73.9 Å². The molecule has 2 aliphatic heterocycles. The number of ether oxygens (including phenoxy) is 2. The maximum Gasteiger partial charge on any atom is 0.248 e. The molecule has 3 fully saturated rings. The van der Waals surface area contributed by atoms with Crippen molar-refractivity contribution in [3.63, 3.8) is 0 Å². The van der Waals surface area contributed by atoms with E-state index in [4.69, 9.17) is 9.47 Å². The van der Waals surface area contributed by atoms with Crippen molar-refractivity contribution in [1.82, 2.24) is 9.80 Å². The zero-order valence-corrected chi connectivity index (χ0v) is 13.3. The Bertz CT molecular complexity index is 374. The van der Waals surface area contributed by atoms with Crippen molar-refractivity contribution in [3.8, 4) is 0 Å². The highest BCUT2D eigenvalue weighted by molar-refractivity contribution is 5.76. The third-order valence-corrected chi connectivity index (χ3v) is 5.21. The second kappa shape index (κ2) is 6.23. The minimum atomic E-state index is 0.00662. The van der Waals surface area contributed by atoms with Crippen LogP contribution in [0, 0.1) is 0 Å². The molecule has 1 unspecified atom stereocenters. The summed E-state index contributed by atoms with van der Waals surface area (Å²) in [5.41, 5.74) is 0.00662. The Balaban J connectivity index is 1.45. The molecule has 3 aliphatic rings. The van der Waals surface area contributed by atoms with E-state index in [-0.39, 0.29) is 24.2 Å². The van der Waals surface area contributed by atoms with E-state index in [1.165, 1.54) is 25.7 Å². The first-order valence-corrected chi connectivity index (χ1v) is 8.28. The lowest BCUT2D eigenvalue weighted by Gasteiger charge is -2.55. The van der Waals surface area contributed by atoms with E-state index in [9.17, 15) is 4.79 Å². The van der Waals surface area contributed by atoms with Gasteiger partial charge in [0, 0.05) is 46.3 Å². The van der Waals surface area contributed by atoms with Gasteiger partial charge >= 0.3 is 0 Å². The van der Waals surface area contributed by atoms with E-state index in [1.807, 2.05) is 0 Å². The van der Waals surface area contributed by atoms with Gasteiger partial charge in [-0.15, -0.1) is 0 Å². The van der Waals surface area contributed by atoms with Gasteiger partial charge in [-0.05, 0) is 19.3 Å². The number of carbonyl (C=O) groups excluding carboxylic acids is 1. The highest BCUT2D eigenvalue weighted by atomic mass is 16.5. The number of hydrogen-bond donors (Lipinski definition) is 0. The second-order valence-electron chi connectivity index (χ2n) is 7.09. The van der Waals surface area contributed by atoms with E-state index in [0.29, 0.717) is 0 Å². The van der Waals surface area contributed by atoms with Crippen LogP contribution in [0.25, 0.3) is 0 Å². The number of rotatable bonds is 4. The van der Waals surface area contributed by atoms with Crippen LogP contribution in [0.5, 0.6) is 0 Å². The third kappa shape index (κ3) is 3.41. The largest absolute Gasteiger partial charge is 0.372 e. The molecule has 2 saturated heterocycles. The van der Waals surface area contributed by atoms with E-state index in [0.717, 1.165) is 38.6 Å². The topological polar surface area (TPSA) is 42.0 Å². The molecule has 1 aliphatic carbocycles. The van der Waals surface area contributed by atoms with E-state index in [1.54, 1.807) is 19.0 Å². The fourth-order valence-electron chi connectivity index (χ4n) is 3.89. The summed E-state index contributed by atoms with van der Waals surface area (Å²) in [5, 5.41) is 0. The molecule has 5 nitrogen and oxygen atoms in total. The van der Waals surface area contributed by atoms with Crippen LogP contribution in [0.2, 0.25) is 0 Å². The van der Waals surface area contributed by atoms with Gasteiger partial charge in [0.2, 0.25) is 5.91 Å². The standard InChI is InChI=1S/C16H28N2O3/c1-17(2)15(19)10-20-14-7-8-21-16(9-14)11-18(12-16)13-5-3-4-6-13/h13-14H,3-12H2,1-2H3. The predicted molar refractivity (Wildman–Crippen MR) is 80.2 cm³/mol. The molecule has 1 saturated carbocycles. The maximum atomic E-state index is 11.6. The highest BCUT2D eigenvalue weighted by Crippen LogP contribution is 2.39. The lowest BCUT2D eigenvalue weighted by Crippen LogP contribution is -2.67. The number of nitrogens with zero attached hydrogens (tertiary/aromatic N) is 2. The number of likely N-dealkylation sites (tertiary alicyclic amines) is 1. The molecule has 3 rings (SSSR count). The van der Waals surface area contributed by atoms with E-state index >= 15 is 0 Å². The Morgan fingerprint density at radius 2 is 2.00 bits per heavy atom. The van der Waals surface area contributed by atoms with Gasteiger partial charge in [0.05, 0.1) is 11.7 Å². The molecular formula is C16H28N2O3. The molecule has 0 aromatic carbocycles. The molecule has 1 atom stereocenters. The predicted octanol–water partition coefficient (Wildman–Crippen LogP) is 1.27. The van der Waals surface area contributed by atoms with Crippen molar-refractivity contribution in [2.75, 3.05) is 40.4 Å². The van der Waals surface area contributed by atoms with Crippen LogP contribution in [0.1, 0.15) is 38.5 Å². The second-order valence-corrected chi connectivity index (χ2v) is 7.09. The van der Waals surface area contributed by atoms with Gasteiger partial charge in [0.15, 0.2) is 0 Å². The van der Waals surface area contributed by atoms with E-state index < -0.39 is 0 Å². The van der Waals surface area contributed by atoms with Gasteiger partial charge < -0.3 is 14.4 Å². The lowest BCUT2D eigenvalue weighted by molar-refractivity contribution is -0.205. The quantitative estimate of drug-likeness (QED) is 0.783.